The molecule has 0 atom stereocenters. The monoisotopic (exact) mass is 213 g/mol. The van der Waals surface area contributed by atoms with Crippen LogP contribution in [-0.4, -0.2) is 12.6 Å². The zero-order valence-electron chi connectivity index (χ0n) is 9.87. The zero-order chi connectivity index (χ0) is 11.2. The lowest BCUT2D eigenvalue weighted by Crippen LogP contribution is -2.40. The van der Waals surface area contributed by atoms with Gasteiger partial charge < -0.3 is 5.32 Å². The third-order valence-electron chi connectivity index (χ3n) is 3.27. The van der Waals surface area contributed by atoms with E-state index < -0.39 is 0 Å². The maximum absolute atomic E-state index is 3.55. The topological polar surface area (TPSA) is 12.0 Å². The minimum Gasteiger partial charge on any atom is -0.313 e. The fourth-order valence-corrected chi connectivity index (χ4v) is 2.25. The van der Waals surface area contributed by atoms with E-state index in [4.69, 9.17) is 0 Å². The van der Waals surface area contributed by atoms with Gasteiger partial charge in [0.15, 0.2) is 0 Å². The average Bonchev–Trinajstić information content (AvgIpc) is 2.28. The Balaban J connectivity index is 1.68. The van der Waals surface area contributed by atoms with Gasteiger partial charge in [-0.3, -0.25) is 0 Å². The molecule has 2 rings (SSSR count). The first kappa shape index (κ1) is 11.2. The summed E-state index contributed by atoms with van der Waals surface area (Å²) < 4.78 is 0. The van der Waals surface area contributed by atoms with E-state index >= 15 is 0 Å². The average molecular weight is 213 g/mol. The third kappa shape index (κ3) is 2.87. The first-order valence-electron chi connectivity index (χ1n) is 6.08. The van der Waals surface area contributed by atoms with Crippen LogP contribution in [-0.2, 0) is 0 Å². The molecular formula is C15H19N. The lowest BCUT2D eigenvalue weighted by Gasteiger charge is -2.36. The molecule has 1 heteroatoms. The maximum atomic E-state index is 3.55. The van der Waals surface area contributed by atoms with Crippen LogP contribution in [0, 0.1) is 11.8 Å². The number of rotatable bonds is 4. The Morgan fingerprint density at radius 2 is 2.00 bits per heavy atom. The van der Waals surface area contributed by atoms with E-state index in [0.717, 1.165) is 18.9 Å². The van der Waals surface area contributed by atoms with E-state index in [1.807, 2.05) is 6.92 Å². The molecule has 1 saturated carbocycles. The molecule has 0 aliphatic heterocycles. The number of hydrogen-bond acceptors (Lipinski definition) is 1. The first-order valence-corrected chi connectivity index (χ1v) is 6.08. The summed E-state index contributed by atoms with van der Waals surface area (Å²) in [6, 6.07) is 11.5. The van der Waals surface area contributed by atoms with Crippen LogP contribution >= 0.6 is 0 Å². The van der Waals surface area contributed by atoms with Crippen LogP contribution < -0.4 is 5.32 Å². The SMILES string of the molecule is CC#CCCNC1CC(c2ccccc2)C1. The van der Waals surface area contributed by atoms with Gasteiger partial charge in [-0.1, -0.05) is 30.3 Å². The predicted octanol–water partition coefficient (Wildman–Crippen LogP) is 2.94. The molecule has 0 saturated heterocycles. The molecule has 0 unspecified atom stereocenters. The lowest BCUT2D eigenvalue weighted by atomic mass is 9.76. The smallest absolute Gasteiger partial charge is 0.0214 e. The summed E-state index contributed by atoms with van der Waals surface area (Å²) in [4.78, 5) is 0. The van der Waals surface area contributed by atoms with Gasteiger partial charge in [-0.05, 0) is 31.2 Å². The highest BCUT2D eigenvalue weighted by molar-refractivity contribution is 5.22. The Hall–Kier alpha value is -1.26. The second kappa shape index (κ2) is 5.72. The van der Waals surface area contributed by atoms with E-state index in [0.29, 0.717) is 6.04 Å². The Bertz CT molecular complexity index is 365. The summed E-state index contributed by atoms with van der Waals surface area (Å²) in [6.45, 7) is 2.93. The van der Waals surface area contributed by atoms with Gasteiger partial charge in [-0.2, -0.15) is 0 Å². The second-order valence-electron chi connectivity index (χ2n) is 4.41. The maximum Gasteiger partial charge on any atom is 0.0214 e. The molecule has 1 nitrogen and oxygen atoms in total. The van der Waals surface area contributed by atoms with Crippen molar-refractivity contribution in [3.63, 3.8) is 0 Å². The Morgan fingerprint density at radius 3 is 2.69 bits per heavy atom. The normalized spacial score (nSPS) is 23.1. The van der Waals surface area contributed by atoms with Crippen molar-refractivity contribution in [2.24, 2.45) is 0 Å². The molecule has 0 heterocycles. The van der Waals surface area contributed by atoms with Crippen molar-refractivity contribution in [3.8, 4) is 11.8 Å². The van der Waals surface area contributed by atoms with Gasteiger partial charge >= 0.3 is 0 Å². The largest absolute Gasteiger partial charge is 0.313 e. The molecule has 1 N–H and O–H groups in total. The molecule has 0 bridgehead atoms. The molecule has 1 aromatic rings. The van der Waals surface area contributed by atoms with E-state index in [2.05, 4.69) is 47.5 Å². The van der Waals surface area contributed by atoms with Crippen LogP contribution in [0.5, 0.6) is 0 Å². The minimum atomic E-state index is 0.712. The molecule has 16 heavy (non-hydrogen) atoms. The van der Waals surface area contributed by atoms with Gasteiger partial charge in [0.1, 0.15) is 0 Å². The number of nitrogens with one attached hydrogen (secondary N) is 1. The predicted molar refractivity (Wildman–Crippen MR) is 68.3 cm³/mol. The highest BCUT2D eigenvalue weighted by atomic mass is 14.9. The molecule has 84 valence electrons. The molecule has 1 aliphatic carbocycles. The molecule has 1 aromatic carbocycles. The van der Waals surface area contributed by atoms with E-state index in [1.165, 1.54) is 18.4 Å². The Kier molecular flexibility index (Phi) is 4.02. The fraction of sp³-hybridized carbons (Fsp3) is 0.467. The number of benzene rings is 1. The van der Waals surface area contributed by atoms with Crippen LogP contribution in [0.3, 0.4) is 0 Å². The van der Waals surface area contributed by atoms with Crippen LogP contribution in [0.4, 0.5) is 0 Å². The molecule has 0 radical (unpaired) electrons. The fourth-order valence-electron chi connectivity index (χ4n) is 2.25. The summed E-state index contributed by atoms with van der Waals surface area (Å²) in [6.07, 6.45) is 3.54. The highest BCUT2D eigenvalue weighted by Gasteiger charge is 2.29. The van der Waals surface area contributed by atoms with Gasteiger partial charge in [-0.15, -0.1) is 11.8 Å². The van der Waals surface area contributed by atoms with E-state index in [1.54, 1.807) is 0 Å². The van der Waals surface area contributed by atoms with Gasteiger partial charge in [-0.25, -0.2) is 0 Å². The van der Waals surface area contributed by atoms with Crippen molar-refractivity contribution in [2.45, 2.75) is 38.1 Å². The van der Waals surface area contributed by atoms with Crippen molar-refractivity contribution in [1.29, 1.82) is 0 Å². The first-order chi connectivity index (χ1) is 7.90. The molecule has 0 amide bonds. The molecule has 0 spiro atoms. The molecule has 0 aromatic heterocycles. The van der Waals surface area contributed by atoms with Gasteiger partial charge in [0.25, 0.3) is 0 Å². The summed E-state index contributed by atoms with van der Waals surface area (Å²) >= 11 is 0. The second-order valence-corrected chi connectivity index (χ2v) is 4.41. The van der Waals surface area contributed by atoms with Gasteiger partial charge in [0.05, 0.1) is 0 Å². The summed E-state index contributed by atoms with van der Waals surface area (Å²) in [7, 11) is 0. The Labute approximate surface area is 98.3 Å². The van der Waals surface area contributed by atoms with Crippen molar-refractivity contribution < 1.29 is 0 Å². The standard InChI is InChI=1S/C15H19N/c1-2-3-7-10-16-15-11-14(12-15)13-8-5-4-6-9-13/h4-6,8-9,14-16H,7,10-12H2,1H3. The van der Waals surface area contributed by atoms with Crippen LogP contribution in [0.25, 0.3) is 0 Å². The van der Waals surface area contributed by atoms with Crippen molar-refractivity contribution >= 4 is 0 Å². The zero-order valence-corrected chi connectivity index (χ0v) is 9.87. The summed E-state index contributed by atoms with van der Waals surface area (Å²) in [5, 5.41) is 3.55. The van der Waals surface area contributed by atoms with Crippen LogP contribution in [0.15, 0.2) is 30.3 Å². The minimum absolute atomic E-state index is 0.712. The van der Waals surface area contributed by atoms with Crippen molar-refractivity contribution in [3.05, 3.63) is 35.9 Å². The van der Waals surface area contributed by atoms with Gasteiger partial charge in [0, 0.05) is 19.0 Å². The Morgan fingerprint density at radius 1 is 1.25 bits per heavy atom. The third-order valence-corrected chi connectivity index (χ3v) is 3.27. The highest BCUT2D eigenvalue weighted by Crippen LogP contribution is 2.36. The summed E-state index contributed by atoms with van der Waals surface area (Å²) in [5.74, 6) is 6.78. The molecular weight excluding hydrogens is 194 g/mol. The molecule has 1 fully saturated rings. The lowest BCUT2D eigenvalue weighted by molar-refractivity contribution is 0.294. The molecule has 1 aliphatic rings. The quantitative estimate of drug-likeness (QED) is 0.599. The van der Waals surface area contributed by atoms with Crippen LogP contribution in [0.2, 0.25) is 0 Å². The van der Waals surface area contributed by atoms with Crippen molar-refractivity contribution in [2.75, 3.05) is 6.54 Å². The van der Waals surface area contributed by atoms with E-state index in [-0.39, 0.29) is 0 Å². The van der Waals surface area contributed by atoms with E-state index in [9.17, 15) is 0 Å². The van der Waals surface area contributed by atoms with Crippen LogP contribution in [0.1, 0.15) is 37.7 Å². The van der Waals surface area contributed by atoms with Crippen molar-refractivity contribution in [1.82, 2.24) is 5.32 Å². The van der Waals surface area contributed by atoms with Gasteiger partial charge in [0.2, 0.25) is 0 Å². The number of hydrogen-bond donors (Lipinski definition) is 1. The summed E-state index contributed by atoms with van der Waals surface area (Å²) in [5.41, 5.74) is 1.49.